The Balaban J connectivity index is 2.52. The molecule has 0 atom stereocenters. The fourth-order valence-electron chi connectivity index (χ4n) is 1.85. The molecule has 15 heavy (non-hydrogen) atoms. The van der Waals surface area contributed by atoms with Crippen molar-refractivity contribution in [2.45, 2.75) is 0 Å². The van der Waals surface area contributed by atoms with E-state index in [0.29, 0.717) is 5.76 Å². The van der Waals surface area contributed by atoms with Crippen LogP contribution in [0.25, 0.3) is 21.7 Å². The van der Waals surface area contributed by atoms with E-state index in [1.807, 2.05) is 36.4 Å². The Labute approximate surface area is 86.1 Å². The van der Waals surface area contributed by atoms with E-state index in [1.165, 1.54) is 0 Å². The quantitative estimate of drug-likeness (QED) is 0.558. The molecule has 0 amide bonds. The van der Waals surface area contributed by atoms with Crippen molar-refractivity contribution < 1.29 is 9.21 Å². The third-order valence-corrected chi connectivity index (χ3v) is 2.54. The molecule has 2 heteroatoms. The molecule has 0 unspecified atom stereocenters. The predicted octanol–water partition coefficient (Wildman–Crippen LogP) is 3.40. The molecule has 0 aliphatic carbocycles. The summed E-state index contributed by atoms with van der Waals surface area (Å²) in [6, 6.07) is 13.7. The van der Waals surface area contributed by atoms with Gasteiger partial charge in [-0.15, -0.1) is 0 Å². The van der Waals surface area contributed by atoms with Gasteiger partial charge in [0, 0.05) is 10.8 Å². The summed E-state index contributed by atoms with van der Waals surface area (Å²) in [6.45, 7) is 0. The van der Waals surface area contributed by atoms with Gasteiger partial charge >= 0.3 is 0 Å². The first-order valence-electron chi connectivity index (χ1n) is 4.75. The van der Waals surface area contributed by atoms with Crippen molar-refractivity contribution in [1.29, 1.82) is 0 Å². The summed E-state index contributed by atoms with van der Waals surface area (Å²) in [6.07, 6.45) is 0.731. The number of benzene rings is 2. The lowest BCUT2D eigenvalue weighted by atomic mass is 10.1. The maximum Gasteiger partial charge on any atom is 0.185 e. The second-order valence-electron chi connectivity index (χ2n) is 3.47. The van der Waals surface area contributed by atoms with Crippen molar-refractivity contribution in [3.63, 3.8) is 0 Å². The first-order valence-corrected chi connectivity index (χ1v) is 4.75. The van der Waals surface area contributed by atoms with E-state index in [-0.39, 0.29) is 0 Å². The molecule has 0 saturated heterocycles. The molecule has 3 rings (SSSR count). The SMILES string of the molecule is O=Cc1cc2ccc3ccccc3c2o1. The third-order valence-electron chi connectivity index (χ3n) is 2.54. The first kappa shape index (κ1) is 8.24. The lowest BCUT2D eigenvalue weighted by Gasteiger charge is -1.96. The molecule has 0 N–H and O–H groups in total. The zero-order valence-electron chi connectivity index (χ0n) is 7.94. The van der Waals surface area contributed by atoms with E-state index in [4.69, 9.17) is 4.42 Å². The third kappa shape index (κ3) is 1.15. The average Bonchev–Trinajstić information content (AvgIpc) is 2.72. The molecule has 0 radical (unpaired) electrons. The fourth-order valence-corrected chi connectivity index (χ4v) is 1.85. The second-order valence-corrected chi connectivity index (χ2v) is 3.47. The highest BCUT2D eigenvalue weighted by molar-refractivity contribution is 6.05. The normalized spacial score (nSPS) is 10.9. The van der Waals surface area contributed by atoms with Crippen LogP contribution in [0.5, 0.6) is 0 Å². The van der Waals surface area contributed by atoms with Crippen molar-refractivity contribution in [1.82, 2.24) is 0 Å². The molecule has 0 bridgehead atoms. The van der Waals surface area contributed by atoms with Crippen LogP contribution in [0.4, 0.5) is 0 Å². The average molecular weight is 196 g/mol. The van der Waals surface area contributed by atoms with Crippen molar-refractivity contribution in [3.8, 4) is 0 Å². The Morgan fingerprint density at radius 3 is 2.67 bits per heavy atom. The topological polar surface area (TPSA) is 30.2 Å². The summed E-state index contributed by atoms with van der Waals surface area (Å²) in [5.74, 6) is 0.376. The molecule has 0 aliphatic heterocycles. The minimum Gasteiger partial charge on any atom is -0.453 e. The van der Waals surface area contributed by atoms with Crippen molar-refractivity contribution in [3.05, 3.63) is 48.2 Å². The van der Waals surface area contributed by atoms with Gasteiger partial charge in [0.1, 0.15) is 5.58 Å². The molecule has 1 heterocycles. The lowest BCUT2D eigenvalue weighted by Crippen LogP contribution is -1.71. The summed E-state index contributed by atoms with van der Waals surface area (Å²) >= 11 is 0. The number of carbonyl (C=O) groups excluding carboxylic acids is 1. The Bertz CT molecular complexity index is 650. The second kappa shape index (κ2) is 2.95. The van der Waals surface area contributed by atoms with Gasteiger partial charge in [-0.05, 0) is 11.5 Å². The predicted molar refractivity (Wildman–Crippen MR) is 59.1 cm³/mol. The maximum absolute atomic E-state index is 10.6. The summed E-state index contributed by atoms with van der Waals surface area (Å²) in [7, 11) is 0. The molecule has 1 aromatic heterocycles. The highest BCUT2D eigenvalue weighted by Gasteiger charge is 2.05. The molecular weight excluding hydrogens is 188 g/mol. The number of aldehydes is 1. The van der Waals surface area contributed by atoms with E-state index in [2.05, 4.69) is 0 Å². The minimum atomic E-state index is 0.376. The molecule has 2 aromatic carbocycles. The zero-order valence-corrected chi connectivity index (χ0v) is 7.94. The Hall–Kier alpha value is -2.09. The molecule has 3 aromatic rings. The van der Waals surface area contributed by atoms with Crippen LogP contribution in [0.1, 0.15) is 10.6 Å². The minimum absolute atomic E-state index is 0.376. The Kier molecular flexibility index (Phi) is 1.62. The number of carbonyl (C=O) groups is 1. The van der Waals surface area contributed by atoms with Gasteiger partial charge in [-0.2, -0.15) is 0 Å². The molecule has 0 spiro atoms. The number of rotatable bonds is 1. The lowest BCUT2D eigenvalue weighted by molar-refractivity contribution is 0.110. The zero-order chi connectivity index (χ0) is 10.3. The largest absolute Gasteiger partial charge is 0.453 e. The van der Waals surface area contributed by atoms with Gasteiger partial charge in [-0.1, -0.05) is 36.4 Å². The van der Waals surface area contributed by atoms with Crippen molar-refractivity contribution in [2.24, 2.45) is 0 Å². The monoisotopic (exact) mass is 196 g/mol. The van der Waals surface area contributed by atoms with Crippen LogP contribution in [0, 0.1) is 0 Å². The van der Waals surface area contributed by atoms with E-state index in [0.717, 1.165) is 28.0 Å². The smallest absolute Gasteiger partial charge is 0.185 e. The Morgan fingerprint density at radius 2 is 1.80 bits per heavy atom. The maximum atomic E-state index is 10.6. The van der Waals surface area contributed by atoms with Gasteiger partial charge in [-0.25, -0.2) is 0 Å². The highest BCUT2D eigenvalue weighted by atomic mass is 16.3. The van der Waals surface area contributed by atoms with Gasteiger partial charge in [0.05, 0.1) is 0 Å². The molecule has 0 aliphatic rings. The van der Waals surface area contributed by atoms with Crippen LogP contribution in [0.2, 0.25) is 0 Å². The summed E-state index contributed by atoms with van der Waals surface area (Å²) in [5, 5.41) is 3.13. The van der Waals surface area contributed by atoms with Gasteiger partial charge in [-0.3, -0.25) is 4.79 Å². The number of hydrogen-bond donors (Lipinski definition) is 0. The van der Waals surface area contributed by atoms with Gasteiger partial charge in [0.15, 0.2) is 12.0 Å². The van der Waals surface area contributed by atoms with Crippen LogP contribution in [0.3, 0.4) is 0 Å². The van der Waals surface area contributed by atoms with E-state index < -0.39 is 0 Å². The fraction of sp³-hybridized carbons (Fsp3) is 0. The summed E-state index contributed by atoms with van der Waals surface area (Å²) < 4.78 is 5.46. The number of hydrogen-bond acceptors (Lipinski definition) is 2. The molecule has 72 valence electrons. The molecule has 2 nitrogen and oxygen atoms in total. The number of furan rings is 1. The highest BCUT2D eigenvalue weighted by Crippen LogP contribution is 2.27. The first-order chi connectivity index (χ1) is 7.38. The Morgan fingerprint density at radius 1 is 1.00 bits per heavy atom. The van der Waals surface area contributed by atoms with Crippen molar-refractivity contribution in [2.75, 3.05) is 0 Å². The van der Waals surface area contributed by atoms with Gasteiger partial charge in [0.25, 0.3) is 0 Å². The standard InChI is InChI=1S/C13H8O2/c14-8-11-7-10-6-5-9-3-1-2-4-12(9)13(10)15-11/h1-8H. The molecule has 0 saturated carbocycles. The molecular formula is C13H8O2. The van der Waals surface area contributed by atoms with Gasteiger partial charge in [0.2, 0.25) is 0 Å². The van der Waals surface area contributed by atoms with Crippen molar-refractivity contribution >= 4 is 28.0 Å². The van der Waals surface area contributed by atoms with Crippen LogP contribution in [-0.2, 0) is 0 Å². The molecule has 0 fully saturated rings. The number of fused-ring (bicyclic) bond motifs is 3. The van der Waals surface area contributed by atoms with E-state index >= 15 is 0 Å². The van der Waals surface area contributed by atoms with Crippen LogP contribution < -0.4 is 0 Å². The van der Waals surface area contributed by atoms with Crippen LogP contribution in [-0.4, -0.2) is 6.29 Å². The van der Waals surface area contributed by atoms with Crippen LogP contribution in [0.15, 0.2) is 46.9 Å². The van der Waals surface area contributed by atoms with E-state index in [9.17, 15) is 4.79 Å². The van der Waals surface area contributed by atoms with Gasteiger partial charge < -0.3 is 4.42 Å². The van der Waals surface area contributed by atoms with E-state index in [1.54, 1.807) is 6.07 Å². The summed E-state index contributed by atoms with van der Waals surface area (Å²) in [5.41, 5.74) is 0.787. The van der Waals surface area contributed by atoms with Crippen LogP contribution >= 0.6 is 0 Å². The summed E-state index contributed by atoms with van der Waals surface area (Å²) in [4.78, 5) is 10.6.